The number of nitriles is 1. The molecule has 1 N–H and O–H groups in total. The van der Waals surface area contributed by atoms with Gasteiger partial charge in [-0.25, -0.2) is 0 Å². The molecule has 0 aliphatic carbocycles. The summed E-state index contributed by atoms with van der Waals surface area (Å²) in [6, 6.07) is 6.57. The lowest BCUT2D eigenvalue weighted by Crippen LogP contribution is -2.20. The average Bonchev–Trinajstić information content (AvgIpc) is 2.20. The molecule has 1 unspecified atom stereocenters. The minimum absolute atomic E-state index is 0.319. The van der Waals surface area contributed by atoms with E-state index in [1.54, 1.807) is 19.1 Å². The van der Waals surface area contributed by atoms with E-state index in [1.807, 2.05) is 6.07 Å². The predicted octanol–water partition coefficient (Wildman–Crippen LogP) is 2.78. The van der Waals surface area contributed by atoms with Gasteiger partial charge < -0.3 is 5.32 Å². The zero-order valence-corrected chi connectivity index (χ0v) is 9.43. The van der Waals surface area contributed by atoms with Crippen molar-refractivity contribution in [3.05, 3.63) is 28.8 Å². The second kappa shape index (κ2) is 5.01. The van der Waals surface area contributed by atoms with E-state index < -0.39 is 5.38 Å². The monoisotopic (exact) mass is 242 g/mol. The summed E-state index contributed by atoms with van der Waals surface area (Å²) in [5.74, 6) is -0.330. The Hall–Kier alpha value is -1.24. The Morgan fingerprint density at radius 1 is 1.60 bits per heavy atom. The summed E-state index contributed by atoms with van der Waals surface area (Å²) in [6.45, 7) is 1.56. The van der Waals surface area contributed by atoms with Crippen LogP contribution in [0.5, 0.6) is 0 Å². The Bertz CT molecular complexity index is 424. The highest BCUT2D eigenvalue weighted by Crippen LogP contribution is 2.23. The lowest BCUT2D eigenvalue weighted by molar-refractivity contribution is -0.115. The van der Waals surface area contributed by atoms with Gasteiger partial charge in [-0.2, -0.15) is 5.26 Å². The number of hydrogen-bond donors (Lipinski definition) is 1. The van der Waals surface area contributed by atoms with Crippen LogP contribution in [0.4, 0.5) is 5.69 Å². The molecule has 0 bridgehead atoms. The molecule has 0 saturated heterocycles. The maximum Gasteiger partial charge on any atom is 0.242 e. The summed E-state index contributed by atoms with van der Waals surface area (Å²) in [6.07, 6.45) is 0. The molecule has 0 saturated carbocycles. The minimum Gasteiger partial charge on any atom is -0.323 e. The van der Waals surface area contributed by atoms with E-state index in [4.69, 9.17) is 28.5 Å². The van der Waals surface area contributed by atoms with Crippen molar-refractivity contribution >= 4 is 34.8 Å². The predicted molar refractivity (Wildman–Crippen MR) is 60.1 cm³/mol. The third-order valence-corrected chi connectivity index (χ3v) is 2.23. The molecule has 1 aromatic carbocycles. The molecule has 1 amide bonds. The third kappa shape index (κ3) is 3.12. The first-order chi connectivity index (χ1) is 7.04. The molecule has 0 aliphatic rings. The molecule has 1 rings (SSSR count). The van der Waals surface area contributed by atoms with Gasteiger partial charge in [-0.05, 0) is 25.1 Å². The molecular weight excluding hydrogens is 235 g/mol. The molecule has 78 valence electrons. The van der Waals surface area contributed by atoms with E-state index in [-0.39, 0.29) is 5.91 Å². The Morgan fingerprint density at radius 3 is 2.73 bits per heavy atom. The van der Waals surface area contributed by atoms with Crippen molar-refractivity contribution < 1.29 is 4.79 Å². The van der Waals surface area contributed by atoms with Crippen molar-refractivity contribution in [1.82, 2.24) is 0 Å². The molecule has 1 aromatic rings. The Morgan fingerprint density at radius 2 is 2.27 bits per heavy atom. The van der Waals surface area contributed by atoms with Gasteiger partial charge in [-0.3, -0.25) is 4.79 Å². The van der Waals surface area contributed by atoms with Crippen LogP contribution in [0.3, 0.4) is 0 Å². The summed E-state index contributed by atoms with van der Waals surface area (Å²) in [4.78, 5) is 11.3. The quantitative estimate of drug-likeness (QED) is 0.812. The van der Waals surface area contributed by atoms with Crippen LogP contribution in [-0.4, -0.2) is 11.3 Å². The number of carbonyl (C=O) groups excluding carboxylic acids is 1. The van der Waals surface area contributed by atoms with E-state index in [0.29, 0.717) is 16.3 Å². The third-order valence-electron chi connectivity index (χ3n) is 1.72. The fourth-order valence-corrected chi connectivity index (χ4v) is 1.20. The largest absolute Gasteiger partial charge is 0.323 e. The van der Waals surface area contributed by atoms with E-state index in [0.717, 1.165) is 0 Å². The smallest absolute Gasteiger partial charge is 0.242 e. The van der Waals surface area contributed by atoms with Gasteiger partial charge in [-0.1, -0.05) is 11.6 Å². The zero-order valence-electron chi connectivity index (χ0n) is 7.92. The average molecular weight is 243 g/mol. The summed E-state index contributed by atoms with van der Waals surface area (Å²) in [5, 5.41) is 10.8. The van der Waals surface area contributed by atoms with Crippen LogP contribution in [0.25, 0.3) is 0 Å². The number of nitrogens with one attached hydrogen (secondary N) is 1. The number of alkyl halides is 1. The second-order valence-electron chi connectivity index (χ2n) is 2.91. The van der Waals surface area contributed by atoms with Gasteiger partial charge in [0.25, 0.3) is 0 Å². The number of anilines is 1. The number of carbonyl (C=O) groups is 1. The number of amides is 1. The van der Waals surface area contributed by atoms with Crippen LogP contribution in [0.1, 0.15) is 12.5 Å². The SMILES string of the molecule is CC(Cl)C(=O)Nc1ccc(C#N)cc1Cl. The minimum atomic E-state index is -0.628. The van der Waals surface area contributed by atoms with Gasteiger partial charge >= 0.3 is 0 Å². The van der Waals surface area contributed by atoms with Crippen LogP contribution in [0, 0.1) is 11.3 Å². The van der Waals surface area contributed by atoms with Crippen molar-refractivity contribution in [2.75, 3.05) is 5.32 Å². The first-order valence-corrected chi connectivity index (χ1v) is 5.00. The lowest BCUT2D eigenvalue weighted by Gasteiger charge is -2.08. The van der Waals surface area contributed by atoms with E-state index in [9.17, 15) is 4.79 Å². The Balaban J connectivity index is 2.89. The van der Waals surface area contributed by atoms with E-state index >= 15 is 0 Å². The molecule has 0 radical (unpaired) electrons. The van der Waals surface area contributed by atoms with Crippen molar-refractivity contribution in [1.29, 1.82) is 5.26 Å². The molecule has 0 spiro atoms. The standard InChI is InChI=1S/C10H8Cl2N2O/c1-6(11)10(15)14-9-3-2-7(5-13)4-8(9)12/h2-4,6H,1H3,(H,14,15). The Kier molecular flexibility index (Phi) is 3.96. The summed E-state index contributed by atoms with van der Waals surface area (Å²) in [7, 11) is 0. The molecule has 0 heterocycles. The number of benzene rings is 1. The number of hydrogen-bond acceptors (Lipinski definition) is 2. The molecular formula is C10H8Cl2N2O. The van der Waals surface area contributed by atoms with Crippen LogP contribution in [0.2, 0.25) is 5.02 Å². The van der Waals surface area contributed by atoms with Crippen LogP contribution in [-0.2, 0) is 4.79 Å². The van der Waals surface area contributed by atoms with Gasteiger partial charge in [-0.15, -0.1) is 11.6 Å². The molecule has 0 aromatic heterocycles. The summed E-state index contributed by atoms with van der Waals surface area (Å²) < 4.78 is 0. The maximum absolute atomic E-state index is 11.3. The molecule has 0 fully saturated rings. The lowest BCUT2D eigenvalue weighted by atomic mass is 10.2. The summed E-state index contributed by atoms with van der Waals surface area (Å²) in [5.41, 5.74) is 0.894. The fourth-order valence-electron chi connectivity index (χ4n) is 0.918. The fraction of sp³-hybridized carbons (Fsp3) is 0.200. The van der Waals surface area contributed by atoms with Gasteiger partial charge in [0.15, 0.2) is 0 Å². The number of halogens is 2. The number of nitrogens with zero attached hydrogens (tertiary/aromatic N) is 1. The molecule has 0 aliphatic heterocycles. The Labute approximate surface area is 97.6 Å². The van der Waals surface area contributed by atoms with Crippen LogP contribution in [0.15, 0.2) is 18.2 Å². The molecule has 5 heteroatoms. The van der Waals surface area contributed by atoms with Crippen molar-refractivity contribution in [2.45, 2.75) is 12.3 Å². The summed E-state index contributed by atoms with van der Waals surface area (Å²) >= 11 is 11.4. The van der Waals surface area contributed by atoms with Crippen molar-refractivity contribution in [3.8, 4) is 6.07 Å². The molecule has 1 atom stereocenters. The molecule has 3 nitrogen and oxygen atoms in total. The first kappa shape index (κ1) is 11.8. The van der Waals surface area contributed by atoms with Gasteiger partial charge in [0.1, 0.15) is 5.38 Å². The number of rotatable bonds is 2. The zero-order chi connectivity index (χ0) is 11.4. The van der Waals surface area contributed by atoms with Crippen molar-refractivity contribution in [2.24, 2.45) is 0 Å². The molecule has 15 heavy (non-hydrogen) atoms. The highest BCUT2D eigenvalue weighted by Gasteiger charge is 2.11. The van der Waals surface area contributed by atoms with Crippen LogP contribution < -0.4 is 5.32 Å². The van der Waals surface area contributed by atoms with Gasteiger partial charge in [0.05, 0.1) is 22.3 Å². The second-order valence-corrected chi connectivity index (χ2v) is 3.97. The van der Waals surface area contributed by atoms with E-state index in [2.05, 4.69) is 5.32 Å². The van der Waals surface area contributed by atoms with Gasteiger partial charge in [0, 0.05) is 0 Å². The maximum atomic E-state index is 11.3. The topological polar surface area (TPSA) is 52.9 Å². The highest BCUT2D eigenvalue weighted by atomic mass is 35.5. The van der Waals surface area contributed by atoms with Crippen LogP contribution >= 0.6 is 23.2 Å². The normalized spacial score (nSPS) is 11.6. The van der Waals surface area contributed by atoms with Gasteiger partial charge in [0.2, 0.25) is 5.91 Å². The first-order valence-electron chi connectivity index (χ1n) is 4.19. The van der Waals surface area contributed by atoms with E-state index in [1.165, 1.54) is 6.07 Å². The highest BCUT2D eigenvalue weighted by molar-refractivity contribution is 6.35. The van der Waals surface area contributed by atoms with Crippen molar-refractivity contribution in [3.63, 3.8) is 0 Å².